The highest BCUT2D eigenvalue weighted by Crippen LogP contribution is 2.38. The van der Waals surface area contributed by atoms with E-state index in [9.17, 15) is 18.8 Å². The van der Waals surface area contributed by atoms with Crippen molar-refractivity contribution in [3.8, 4) is 11.5 Å². The summed E-state index contributed by atoms with van der Waals surface area (Å²) >= 11 is 2.90. The van der Waals surface area contributed by atoms with Crippen molar-refractivity contribution in [3.63, 3.8) is 0 Å². The molecule has 0 radical (unpaired) electrons. The highest BCUT2D eigenvalue weighted by molar-refractivity contribution is 14.1. The molecule has 10 heteroatoms. The summed E-state index contributed by atoms with van der Waals surface area (Å²) in [7, 11) is 0. The average Bonchev–Trinajstić information content (AvgIpc) is 3.45. The number of hydrogen-bond acceptors (Lipinski definition) is 6. The van der Waals surface area contributed by atoms with Crippen molar-refractivity contribution in [2.24, 2.45) is 0 Å². The molecule has 0 spiro atoms. The molecule has 0 aliphatic carbocycles. The van der Waals surface area contributed by atoms with E-state index in [2.05, 4.69) is 22.6 Å². The molecule has 2 aliphatic heterocycles. The fourth-order valence-electron chi connectivity index (χ4n) is 3.83. The van der Waals surface area contributed by atoms with Crippen LogP contribution in [0.1, 0.15) is 30.9 Å². The SMILES string of the molecule is CCOc1cc(/C=C2/SC(=O)N(CC(=O)N3CCCC3)C2=O)cc(I)c1OCc1ccccc1F. The molecule has 184 valence electrons. The predicted molar refractivity (Wildman–Crippen MR) is 140 cm³/mol. The van der Waals surface area contributed by atoms with Crippen molar-refractivity contribution < 1.29 is 28.2 Å². The van der Waals surface area contributed by atoms with Gasteiger partial charge in [-0.2, -0.15) is 0 Å². The van der Waals surface area contributed by atoms with Gasteiger partial charge < -0.3 is 14.4 Å². The molecule has 0 atom stereocenters. The number of carbonyl (C=O) groups is 3. The quantitative estimate of drug-likeness (QED) is 0.307. The number of thioether (sulfide) groups is 1. The van der Waals surface area contributed by atoms with Crippen molar-refractivity contribution in [1.29, 1.82) is 0 Å². The van der Waals surface area contributed by atoms with Crippen molar-refractivity contribution in [1.82, 2.24) is 9.80 Å². The van der Waals surface area contributed by atoms with E-state index in [0.29, 0.717) is 45.9 Å². The van der Waals surface area contributed by atoms with Crippen LogP contribution < -0.4 is 9.47 Å². The second kappa shape index (κ2) is 11.4. The molecule has 2 fully saturated rings. The van der Waals surface area contributed by atoms with Gasteiger partial charge in [0.2, 0.25) is 5.91 Å². The highest BCUT2D eigenvalue weighted by atomic mass is 127. The minimum absolute atomic E-state index is 0.0338. The summed E-state index contributed by atoms with van der Waals surface area (Å²) in [5.41, 5.74) is 1.07. The third kappa shape index (κ3) is 5.97. The summed E-state index contributed by atoms with van der Waals surface area (Å²) in [6.07, 6.45) is 3.49. The van der Waals surface area contributed by atoms with E-state index in [1.807, 2.05) is 6.92 Å². The first kappa shape index (κ1) is 25.5. The highest BCUT2D eigenvalue weighted by Gasteiger charge is 2.37. The number of nitrogens with zero attached hydrogens (tertiary/aromatic N) is 2. The maximum atomic E-state index is 14.0. The van der Waals surface area contributed by atoms with Crippen LogP contribution in [0.2, 0.25) is 0 Å². The van der Waals surface area contributed by atoms with Gasteiger partial charge in [0.25, 0.3) is 11.1 Å². The number of imide groups is 1. The first-order chi connectivity index (χ1) is 16.9. The lowest BCUT2D eigenvalue weighted by molar-refractivity contribution is -0.135. The maximum absolute atomic E-state index is 14.0. The zero-order valence-corrected chi connectivity index (χ0v) is 22.1. The Bertz CT molecular complexity index is 1180. The molecule has 2 aromatic rings. The molecule has 0 bridgehead atoms. The van der Waals surface area contributed by atoms with E-state index in [1.165, 1.54) is 6.07 Å². The van der Waals surface area contributed by atoms with Gasteiger partial charge in [-0.15, -0.1) is 0 Å². The standard InChI is InChI=1S/C25H24FIN2O5S/c1-2-33-20-12-16(11-19(27)23(20)34-15-17-7-3-4-8-18(17)26)13-21-24(31)29(25(32)35-21)14-22(30)28-9-5-6-10-28/h3-4,7-8,11-13H,2,5-6,9-10,14-15H2,1H3/b21-13+. The van der Waals surface area contributed by atoms with E-state index >= 15 is 0 Å². The van der Waals surface area contributed by atoms with Crippen molar-refractivity contribution >= 4 is 57.5 Å². The smallest absolute Gasteiger partial charge is 0.294 e. The first-order valence-electron chi connectivity index (χ1n) is 11.2. The van der Waals surface area contributed by atoms with Crippen LogP contribution in [0.15, 0.2) is 41.3 Å². The molecule has 0 saturated carbocycles. The molecule has 2 heterocycles. The van der Waals surface area contributed by atoms with Gasteiger partial charge in [0.1, 0.15) is 19.0 Å². The summed E-state index contributed by atoms with van der Waals surface area (Å²) in [6.45, 7) is 3.33. The lowest BCUT2D eigenvalue weighted by Crippen LogP contribution is -2.40. The van der Waals surface area contributed by atoms with Crippen LogP contribution in [0.25, 0.3) is 6.08 Å². The number of hydrogen-bond donors (Lipinski definition) is 0. The molecule has 7 nitrogen and oxygen atoms in total. The number of carbonyl (C=O) groups excluding carboxylic acids is 3. The topological polar surface area (TPSA) is 76.2 Å². The lowest BCUT2D eigenvalue weighted by atomic mass is 10.1. The maximum Gasteiger partial charge on any atom is 0.294 e. The van der Waals surface area contributed by atoms with Gasteiger partial charge in [-0.05, 0) is 84.0 Å². The minimum Gasteiger partial charge on any atom is -0.490 e. The van der Waals surface area contributed by atoms with Gasteiger partial charge in [0.15, 0.2) is 11.5 Å². The fraction of sp³-hybridized carbons (Fsp3) is 0.320. The molecule has 4 rings (SSSR count). The minimum atomic E-state index is -0.486. The van der Waals surface area contributed by atoms with E-state index in [-0.39, 0.29) is 29.8 Å². The second-order valence-corrected chi connectivity index (χ2v) is 10.2. The normalized spacial score (nSPS) is 16.9. The molecular weight excluding hydrogens is 586 g/mol. The summed E-state index contributed by atoms with van der Waals surface area (Å²) in [6, 6.07) is 9.90. The number of rotatable bonds is 8. The molecule has 2 saturated heterocycles. The Labute approximate surface area is 220 Å². The van der Waals surface area contributed by atoms with Crippen molar-refractivity contribution in [2.75, 3.05) is 26.2 Å². The first-order valence-corrected chi connectivity index (χ1v) is 13.1. The molecule has 0 unspecified atom stereocenters. The molecular formula is C25H24FIN2O5S. The van der Waals surface area contributed by atoms with E-state index in [1.54, 1.807) is 41.3 Å². The van der Waals surface area contributed by atoms with E-state index in [0.717, 1.165) is 29.5 Å². The fourth-order valence-corrected chi connectivity index (χ4v) is 5.45. The molecule has 35 heavy (non-hydrogen) atoms. The van der Waals surface area contributed by atoms with Crippen LogP contribution in [-0.4, -0.2) is 53.1 Å². The number of benzene rings is 2. The molecule has 3 amide bonds. The van der Waals surface area contributed by atoms with Gasteiger partial charge in [0.05, 0.1) is 15.1 Å². The van der Waals surface area contributed by atoms with Crippen LogP contribution in [-0.2, 0) is 16.2 Å². The Kier molecular flexibility index (Phi) is 8.32. The van der Waals surface area contributed by atoms with Crippen LogP contribution in [0.5, 0.6) is 11.5 Å². The Morgan fingerprint density at radius 1 is 1.17 bits per heavy atom. The van der Waals surface area contributed by atoms with Crippen LogP contribution >= 0.6 is 34.4 Å². The third-order valence-corrected chi connectivity index (χ3v) is 7.29. The largest absolute Gasteiger partial charge is 0.490 e. The molecule has 2 aliphatic rings. The average molecular weight is 610 g/mol. The van der Waals surface area contributed by atoms with Crippen LogP contribution in [0.3, 0.4) is 0 Å². The van der Waals surface area contributed by atoms with Crippen molar-refractivity contribution in [2.45, 2.75) is 26.4 Å². The molecule has 0 N–H and O–H groups in total. The van der Waals surface area contributed by atoms with Gasteiger partial charge >= 0.3 is 0 Å². The predicted octanol–water partition coefficient (Wildman–Crippen LogP) is 5.07. The molecule has 2 aromatic carbocycles. The summed E-state index contributed by atoms with van der Waals surface area (Å²) in [5.74, 6) is -0.130. The lowest BCUT2D eigenvalue weighted by Gasteiger charge is -2.18. The van der Waals surface area contributed by atoms with Gasteiger partial charge in [-0.1, -0.05) is 18.2 Å². The Balaban J connectivity index is 1.52. The second-order valence-electron chi connectivity index (χ2n) is 8.00. The Morgan fingerprint density at radius 3 is 2.63 bits per heavy atom. The summed E-state index contributed by atoms with van der Waals surface area (Å²) < 4.78 is 26.3. The van der Waals surface area contributed by atoms with Crippen molar-refractivity contribution in [3.05, 3.63) is 61.8 Å². The zero-order chi connectivity index (χ0) is 24.9. The Morgan fingerprint density at radius 2 is 1.91 bits per heavy atom. The number of ether oxygens (including phenoxy) is 2. The number of likely N-dealkylation sites (tertiary alicyclic amines) is 1. The summed E-state index contributed by atoms with van der Waals surface area (Å²) in [4.78, 5) is 40.7. The van der Waals surface area contributed by atoms with Crippen LogP contribution in [0, 0.1) is 9.39 Å². The van der Waals surface area contributed by atoms with E-state index < -0.39 is 11.1 Å². The monoisotopic (exact) mass is 610 g/mol. The van der Waals surface area contributed by atoms with E-state index in [4.69, 9.17) is 9.47 Å². The molecule has 0 aromatic heterocycles. The number of halogens is 2. The Hall–Kier alpha value is -2.60. The summed E-state index contributed by atoms with van der Waals surface area (Å²) in [5, 5.41) is -0.460. The number of amides is 3. The van der Waals surface area contributed by atoms with Gasteiger partial charge in [0, 0.05) is 18.7 Å². The third-order valence-electron chi connectivity index (χ3n) is 5.59. The van der Waals surface area contributed by atoms with Gasteiger partial charge in [-0.3, -0.25) is 19.3 Å². The zero-order valence-electron chi connectivity index (χ0n) is 19.1. The van der Waals surface area contributed by atoms with Crippen LogP contribution in [0.4, 0.5) is 9.18 Å². The van der Waals surface area contributed by atoms with Gasteiger partial charge in [-0.25, -0.2) is 4.39 Å².